The molecule has 1 aliphatic rings. The molecule has 9 heteroatoms. The summed E-state index contributed by atoms with van der Waals surface area (Å²) in [5.41, 5.74) is 0.0515. The van der Waals surface area contributed by atoms with Gasteiger partial charge in [-0.3, -0.25) is 14.4 Å². The molecule has 0 aromatic heterocycles. The van der Waals surface area contributed by atoms with Gasteiger partial charge in [-0.15, -0.1) is 0 Å². The minimum absolute atomic E-state index is 0.00208. The van der Waals surface area contributed by atoms with Crippen molar-refractivity contribution in [3.8, 4) is 17.2 Å². The van der Waals surface area contributed by atoms with E-state index < -0.39 is 41.4 Å². The van der Waals surface area contributed by atoms with Gasteiger partial charge in [0.2, 0.25) is 0 Å². The SMILES string of the molecule is CC(=O)Oc1cc(O)cc(C(=O)NCC2=CC(=O)C(O)C(O)C2)c1O. The second-order valence-electron chi connectivity index (χ2n) is 5.54. The fourth-order valence-corrected chi connectivity index (χ4v) is 2.33. The lowest BCUT2D eigenvalue weighted by Crippen LogP contribution is -2.38. The molecule has 0 heterocycles. The number of phenols is 2. The predicted molar refractivity (Wildman–Crippen MR) is 83.1 cm³/mol. The van der Waals surface area contributed by atoms with E-state index in [-0.39, 0.29) is 24.3 Å². The van der Waals surface area contributed by atoms with Crippen molar-refractivity contribution >= 4 is 17.7 Å². The van der Waals surface area contributed by atoms with Gasteiger partial charge < -0.3 is 30.5 Å². The minimum Gasteiger partial charge on any atom is -0.508 e. The summed E-state index contributed by atoms with van der Waals surface area (Å²) in [5.74, 6) is -3.61. The zero-order valence-electron chi connectivity index (χ0n) is 13.2. The van der Waals surface area contributed by atoms with Crippen LogP contribution in [0.15, 0.2) is 23.8 Å². The zero-order valence-corrected chi connectivity index (χ0v) is 13.2. The van der Waals surface area contributed by atoms with Crippen LogP contribution in [0.2, 0.25) is 0 Å². The van der Waals surface area contributed by atoms with Gasteiger partial charge in [-0.1, -0.05) is 0 Å². The smallest absolute Gasteiger partial charge is 0.308 e. The molecular weight excluding hydrogens is 334 g/mol. The largest absolute Gasteiger partial charge is 0.508 e. The van der Waals surface area contributed by atoms with Crippen LogP contribution in [-0.2, 0) is 9.59 Å². The summed E-state index contributed by atoms with van der Waals surface area (Å²) in [6, 6.07) is 1.96. The zero-order chi connectivity index (χ0) is 18.7. The van der Waals surface area contributed by atoms with Gasteiger partial charge in [0.15, 0.2) is 17.3 Å². The molecule has 0 saturated carbocycles. The molecule has 0 saturated heterocycles. The quantitative estimate of drug-likeness (QED) is 0.273. The molecule has 5 N–H and O–H groups in total. The Labute approximate surface area is 142 Å². The van der Waals surface area contributed by atoms with Crippen LogP contribution in [0.1, 0.15) is 23.7 Å². The molecule has 1 aromatic carbocycles. The Hall–Kier alpha value is -2.91. The summed E-state index contributed by atoms with van der Waals surface area (Å²) < 4.78 is 4.71. The molecular formula is C16H17NO8. The summed E-state index contributed by atoms with van der Waals surface area (Å²) in [7, 11) is 0. The van der Waals surface area contributed by atoms with Crippen LogP contribution in [-0.4, -0.2) is 56.8 Å². The van der Waals surface area contributed by atoms with Crippen molar-refractivity contribution in [1.82, 2.24) is 5.32 Å². The van der Waals surface area contributed by atoms with E-state index in [1.54, 1.807) is 0 Å². The third kappa shape index (κ3) is 4.34. The van der Waals surface area contributed by atoms with Gasteiger partial charge in [-0.05, 0) is 24.1 Å². The summed E-state index contributed by atoms with van der Waals surface area (Å²) in [4.78, 5) is 34.6. The number of aliphatic hydroxyl groups excluding tert-OH is 2. The minimum atomic E-state index is -1.49. The molecule has 9 nitrogen and oxygen atoms in total. The maximum Gasteiger partial charge on any atom is 0.308 e. The maximum atomic E-state index is 12.2. The van der Waals surface area contributed by atoms with Crippen LogP contribution in [0, 0.1) is 0 Å². The van der Waals surface area contributed by atoms with E-state index >= 15 is 0 Å². The molecule has 1 aromatic rings. The van der Waals surface area contributed by atoms with Crippen molar-refractivity contribution in [3.63, 3.8) is 0 Å². The standard InChI is InChI=1S/C16H17NO8/c1-7(18)25-13-5-9(19)4-10(14(13)22)16(24)17-6-8-2-11(20)15(23)12(21)3-8/h2,4-5,12,15,19,21-23H,3,6H2,1H3,(H,17,24). The van der Waals surface area contributed by atoms with Crippen LogP contribution in [0.5, 0.6) is 17.2 Å². The number of benzene rings is 1. The molecule has 0 radical (unpaired) electrons. The molecule has 1 aliphatic carbocycles. The Bertz CT molecular complexity index is 755. The first-order chi connectivity index (χ1) is 11.7. The van der Waals surface area contributed by atoms with Crippen LogP contribution < -0.4 is 10.1 Å². The van der Waals surface area contributed by atoms with Crippen LogP contribution >= 0.6 is 0 Å². The van der Waals surface area contributed by atoms with Gasteiger partial charge in [0.1, 0.15) is 11.9 Å². The maximum absolute atomic E-state index is 12.2. The number of rotatable bonds is 4. The van der Waals surface area contributed by atoms with Crippen molar-refractivity contribution in [3.05, 3.63) is 29.3 Å². The molecule has 1 amide bonds. The van der Waals surface area contributed by atoms with Crippen molar-refractivity contribution in [2.45, 2.75) is 25.6 Å². The van der Waals surface area contributed by atoms with Crippen molar-refractivity contribution in [1.29, 1.82) is 0 Å². The number of amides is 1. The average Bonchev–Trinajstić information content (AvgIpc) is 2.52. The number of hydrogen-bond acceptors (Lipinski definition) is 8. The Morgan fingerprint density at radius 2 is 1.96 bits per heavy atom. The van der Waals surface area contributed by atoms with Crippen molar-refractivity contribution in [2.24, 2.45) is 0 Å². The van der Waals surface area contributed by atoms with Gasteiger partial charge in [0, 0.05) is 19.5 Å². The second-order valence-corrected chi connectivity index (χ2v) is 5.54. The topological polar surface area (TPSA) is 153 Å². The Morgan fingerprint density at radius 1 is 1.28 bits per heavy atom. The first-order valence-electron chi connectivity index (χ1n) is 7.31. The monoisotopic (exact) mass is 351 g/mol. The molecule has 0 fully saturated rings. The van der Waals surface area contributed by atoms with Crippen LogP contribution in [0.25, 0.3) is 0 Å². The number of aliphatic hydroxyl groups is 2. The fourth-order valence-electron chi connectivity index (χ4n) is 2.33. The Morgan fingerprint density at radius 3 is 2.56 bits per heavy atom. The van der Waals surface area contributed by atoms with E-state index in [0.717, 1.165) is 25.1 Å². The number of carbonyl (C=O) groups excluding carboxylic acids is 3. The first kappa shape index (κ1) is 18.4. The van der Waals surface area contributed by atoms with E-state index in [2.05, 4.69) is 5.32 Å². The lowest BCUT2D eigenvalue weighted by Gasteiger charge is -2.22. The highest BCUT2D eigenvalue weighted by Crippen LogP contribution is 2.34. The highest BCUT2D eigenvalue weighted by Gasteiger charge is 2.29. The van der Waals surface area contributed by atoms with E-state index in [0.29, 0.717) is 5.57 Å². The predicted octanol–water partition coefficient (Wildman–Crippen LogP) is -0.626. The van der Waals surface area contributed by atoms with Crippen molar-refractivity contribution in [2.75, 3.05) is 6.54 Å². The number of ether oxygens (including phenoxy) is 1. The van der Waals surface area contributed by atoms with Gasteiger partial charge in [-0.25, -0.2) is 0 Å². The van der Waals surface area contributed by atoms with E-state index in [1.807, 2.05) is 0 Å². The van der Waals surface area contributed by atoms with Gasteiger partial charge in [0.05, 0.1) is 11.7 Å². The average molecular weight is 351 g/mol. The van der Waals surface area contributed by atoms with Crippen LogP contribution in [0.3, 0.4) is 0 Å². The molecule has 2 atom stereocenters. The van der Waals surface area contributed by atoms with E-state index in [1.165, 1.54) is 0 Å². The number of hydrogen-bond donors (Lipinski definition) is 5. The molecule has 2 rings (SSSR count). The normalized spacial score (nSPS) is 20.0. The molecule has 25 heavy (non-hydrogen) atoms. The fraction of sp³-hybridized carbons (Fsp3) is 0.312. The molecule has 0 aliphatic heterocycles. The molecule has 134 valence electrons. The number of phenolic OH excluding ortho intramolecular Hbond substituents is 2. The number of esters is 1. The molecule has 0 bridgehead atoms. The van der Waals surface area contributed by atoms with Gasteiger partial charge in [-0.2, -0.15) is 0 Å². The summed E-state index contributed by atoms with van der Waals surface area (Å²) >= 11 is 0. The Balaban J connectivity index is 2.14. The first-order valence-corrected chi connectivity index (χ1v) is 7.31. The summed E-state index contributed by atoms with van der Waals surface area (Å²) in [6.45, 7) is 0.974. The second kappa shape index (κ2) is 7.32. The lowest BCUT2D eigenvalue weighted by molar-refractivity contribution is -0.132. The lowest BCUT2D eigenvalue weighted by atomic mass is 9.93. The third-order valence-corrected chi connectivity index (χ3v) is 3.51. The number of carbonyl (C=O) groups is 3. The number of nitrogens with one attached hydrogen (secondary N) is 1. The van der Waals surface area contributed by atoms with Crippen molar-refractivity contribution < 1.29 is 39.5 Å². The number of ketones is 1. The highest BCUT2D eigenvalue weighted by atomic mass is 16.5. The summed E-state index contributed by atoms with van der Waals surface area (Å²) in [6.07, 6.45) is -1.61. The molecule has 2 unspecified atom stereocenters. The van der Waals surface area contributed by atoms with Gasteiger partial charge >= 0.3 is 5.97 Å². The highest BCUT2D eigenvalue weighted by molar-refractivity contribution is 5.99. The molecule has 0 spiro atoms. The number of aromatic hydroxyl groups is 2. The van der Waals surface area contributed by atoms with Crippen LogP contribution in [0.4, 0.5) is 0 Å². The Kier molecular flexibility index (Phi) is 5.40. The van der Waals surface area contributed by atoms with E-state index in [9.17, 15) is 34.8 Å². The van der Waals surface area contributed by atoms with E-state index in [4.69, 9.17) is 4.74 Å². The van der Waals surface area contributed by atoms with Gasteiger partial charge in [0.25, 0.3) is 5.91 Å². The third-order valence-electron chi connectivity index (χ3n) is 3.51. The summed E-state index contributed by atoms with van der Waals surface area (Å²) in [5, 5.41) is 40.9.